The molecule has 0 aromatic heterocycles. The van der Waals surface area contributed by atoms with Crippen LogP contribution in [0.3, 0.4) is 0 Å². The average Bonchev–Trinajstić information content (AvgIpc) is 2.35. The lowest BCUT2D eigenvalue weighted by molar-refractivity contribution is -0.121. The van der Waals surface area contributed by atoms with Gasteiger partial charge in [0.05, 0.1) is 6.54 Å². The van der Waals surface area contributed by atoms with Crippen LogP contribution in [0, 0.1) is 0 Å². The van der Waals surface area contributed by atoms with Crippen molar-refractivity contribution in [2.75, 3.05) is 13.1 Å². The Morgan fingerprint density at radius 3 is 2.50 bits per heavy atom. The summed E-state index contributed by atoms with van der Waals surface area (Å²) in [7, 11) is 0. The van der Waals surface area contributed by atoms with Crippen LogP contribution in [0.15, 0.2) is 30.3 Å². The van der Waals surface area contributed by atoms with E-state index in [0.717, 1.165) is 5.56 Å². The Morgan fingerprint density at radius 2 is 1.94 bits per heavy atom. The first-order valence-corrected chi connectivity index (χ1v) is 5.96. The highest BCUT2D eigenvalue weighted by Gasteiger charge is 2.14. The van der Waals surface area contributed by atoms with E-state index in [1.54, 1.807) is 0 Å². The van der Waals surface area contributed by atoms with Gasteiger partial charge >= 0.3 is 0 Å². The number of likely N-dealkylation sites (N-methyl/N-ethyl adjacent to an activating group) is 1. The third kappa shape index (κ3) is 4.97. The van der Waals surface area contributed by atoms with Crippen LogP contribution in [-0.2, 0) is 9.59 Å². The highest BCUT2D eigenvalue weighted by molar-refractivity contribution is 5.78. The summed E-state index contributed by atoms with van der Waals surface area (Å²) in [4.78, 5) is 22.4. The maximum atomic E-state index is 11.4. The molecule has 0 saturated carbocycles. The van der Waals surface area contributed by atoms with Crippen molar-refractivity contribution < 1.29 is 9.59 Å². The first-order valence-electron chi connectivity index (χ1n) is 5.96. The van der Waals surface area contributed by atoms with E-state index < -0.39 is 5.91 Å². The quantitative estimate of drug-likeness (QED) is 0.651. The fourth-order valence-electron chi connectivity index (χ4n) is 1.67. The molecule has 2 amide bonds. The van der Waals surface area contributed by atoms with Crippen LogP contribution in [0.5, 0.6) is 0 Å². The maximum absolute atomic E-state index is 11.4. The minimum absolute atomic E-state index is 0.0945. The zero-order valence-electron chi connectivity index (χ0n) is 10.5. The predicted molar refractivity (Wildman–Crippen MR) is 69.7 cm³/mol. The summed E-state index contributed by atoms with van der Waals surface area (Å²) in [6, 6.07) is 9.24. The lowest BCUT2D eigenvalue weighted by atomic mass is 10.0. The van der Waals surface area contributed by atoms with E-state index in [4.69, 9.17) is 5.73 Å². The van der Waals surface area contributed by atoms with Crippen LogP contribution in [0.1, 0.15) is 24.9 Å². The standard InChI is InChI=1S/C13H19N3O2/c1-2-15-13(18)9-16-11(8-12(14)17)10-6-4-3-5-7-10/h3-7,11,16H,2,8-9H2,1H3,(H2,14,17)(H,15,18). The van der Waals surface area contributed by atoms with E-state index in [-0.39, 0.29) is 24.9 Å². The number of nitrogens with one attached hydrogen (secondary N) is 2. The third-order valence-electron chi connectivity index (χ3n) is 2.49. The van der Waals surface area contributed by atoms with E-state index in [9.17, 15) is 9.59 Å². The first-order chi connectivity index (χ1) is 8.63. The molecular formula is C13H19N3O2. The van der Waals surface area contributed by atoms with Gasteiger partial charge in [0, 0.05) is 19.0 Å². The van der Waals surface area contributed by atoms with E-state index >= 15 is 0 Å². The van der Waals surface area contributed by atoms with Gasteiger partial charge in [0.15, 0.2) is 0 Å². The lowest BCUT2D eigenvalue weighted by Gasteiger charge is -2.17. The minimum Gasteiger partial charge on any atom is -0.370 e. The number of amides is 2. The Morgan fingerprint density at radius 1 is 1.28 bits per heavy atom. The molecule has 4 N–H and O–H groups in total. The van der Waals surface area contributed by atoms with Crippen molar-refractivity contribution >= 4 is 11.8 Å². The molecule has 18 heavy (non-hydrogen) atoms. The lowest BCUT2D eigenvalue weighted by Crippen LogP contribution is -2.36. The normalized spacial score (nSPS) is 11.8. The Hall–Kier alpha value is -1.88. The molecule has 5 nitrogen and oxygen atoms in total. The third-order valence-corrected chi connectivity index (χ3v) is 2.49. The Labute approximate surface area is 107 Å². The van der Waals surface area contributed by atoms with Gasteiger partial charge in [-0.15, -0.1) is 0 Å². The van der Waals surface area contributed by atoms with Crippen molar-refractivity contribution in [1.29, 1.82) is 0 Å². The maximum Gasteiger partial charge on any atom is 0.233 e. The van der Waals surface area contributed by atoms with Crippen LogP contribution in [0.25, 0.3) is 0 Å². The molecule has 1 aromatic rings. The van der Waals surface area contributed by atoms with Crippen LogP contribution >= 0.6 is 0 Å². The molecule has 0 aliphatic heterocycles. The van der Waals surface area contributed by atoms with Crippen molar-refractivity contribution in [3.63, 3.8) is 0 Å². The highest BCUT2D eigenvalue weighted by atomic mass is 16.2. The van der Waals surface area contributed by atoms with Gasteiger partial charge in [-0.3, -0.25) is 9.59 Å². The topological polar surface area (TPSA) is 84.2 Å². The summed E-state index contributed by atoms with van der Waals surface area (Å²) in [6.07, 6.45) is 0.170. The van der Waals surface area contributed by atoms with Crippen LogP contribution < -0.4 is 16.4 Å². The molecule has 1 unspecified atom stereocenters. The zero-order chi connectivity index (χ0) is 13.4. The second-order valence-corrected chi connectivity index (χ2v) is 3.97. The Bertz CT molecular complexity index is 392. The number of benzene rings is 1. The van der Waals surface area contributed by atoms with E-state index in [1.165, 1.54) is 0 Å². The van der Waals surface area contributed by atoms with Crippen LogP contribution in [0.2, 0.25) is 0 Å². The molecule has 0 saturated heterocycles. The fourth-order valence-corrected chi connectivity index (χ4v) is 1.67. The molecule has 0 spiro atoms. The highest BCUT2D eigenvalue weighted by Crippen LogP contribution is 2.15. The van der Waals surface area contributed by atoms with Crippen molar-refractivity contribution in [3.8, 4) is 0 Å². The summed E-state index contributed by atoms with van der Waals surface area (Å²) in [5.74, 6) is -0.491. The molecule has 5 heteroatoms. The molecule has 1 aromatic carbocycles. The Kier molecular flexibility index (Phi) is 5.87. The van der Waals surface area contributed by atoms with Gasteiger partial charge in [0.25, 0.3) is 0 Å². The molecule has 0 heterocycles. The summed E-state index contributed by atoms with van der Waals surface area (Å²) >= 11 is 0. The molecule has 1 rings (SSSR count). The van der Waals surface area contributed by atoms with Gasteiger partial charge < -0.3 is 16.4 Å². The van der Waals surface area contributed by atoms with Crippen molar-refractivity contribution in [1.82, 2.24) is 10.6 Å². The van der Waals surface area contributed by atoms with Gasteiger partial charge in [0.2, 0.25) is 11.8 Å². The molecule has 0 radical (unpaired) electrons. The summed E-state index contributed by atoms with van der Waals surface area (Å²) < 4.78 is 0. The van der Waals surface area contributed by atoms with Crippen molar-refractivity contribution in [2.45, 2.75) is 19.4 Å². The molecular weight excluding hydrogens is 230 g/mol. The molecule has 0 bridgehead atoms. The van der Waals surface area contributed by atoms with E-state index in [1.807, 2.05) is 37.3 Å². The molecule has 98 valence electrons. The number of rotatable bonds is 7. The van der Waals surface area contributed by atoms with Gasteiger partial charge in [-0.1, -0.05) is 30.3 Å². The predicted octanol–water partition coefficient (Wildman–Crippen LogP) is 0.329. The monoisotopic (exact) mass is 249 g/mol. The number of nitrogens with two attached hydrogens (primary N) is 1. The van der Waals surface area contributed by atoms with Crippen LogP contribution in [-0.4, -0.2) is 24.9 Å². The molecule has 0 aliphatic rings. The number of hydrogen-bond donors (Lipinski definition) is 3. The Balaban J connectivity index is 2.62. The van der Waals surface area contributed by atoms with Gasteiger partial charge in [0.1, 0.15) is 0 Å². The van der Waals surface area contributed by atoms with Crippen molar-refractivity contribution in [3.05, 3.63) is 35.9 Å². The summed E-state index contributed by atoms with van der Waals surface area (Å²) in [5.41, 5.74) is 6.16. The first kappa shape index (κ1) is 14.2. The van der Waals surface area contributed by atoms with Gasteiger partial charge in [-0.25, -0.2) is 0 Å². The summed E-state index contributed by atoms with van der Waals surface area (Å²) in [5, 5.41) is 5.73. The minimum atomic E-state index is -0.396. The van der Waals surface area contributed by atoms with E-state index in [0.29, 0.717) is 6.54 Å². The number of carbonyl (C=O) groups excluding carboxylic acids is 2. The second kappa shape index (κ2) is 7.45. The zero-order valence-corrected chi connectivity index (χ0v) is 10.5. The second-order valence-electron chi connectivity index (χ2n) is 3.97. The molecule has 0 fully saturated rings. The van der Waals surface area contributed by atoms with Gasteiger partial charge in [-0.05, 0) is 12.5 Å². The summed E-state index contributed by atoms with van der Waals surface area (Å²) in [6.45, 7) is 2.61. The van der Waals surface area contributed by atoms with Gasteiger partial charge in [-0.2, -0.15) is 0 Å². The molecule has 0 aliphatic carbocycles. The SMILES string of the molecule is CCNC(=O)CNC(CC(N)=O)c1ccccc1. The largest absolute Gasteiger partial charge is 0.370 e. The fraction of sp³-hybridized carbons (Fsp3) is 0.385. The van der Waals surface area contributed by atoms with E-state index in [2.05, 4.69) is 10.6 Å². The smallest absolute Gasteiger partial charge is 0.233 e. The number of carbonyl (C=O) groups is 2. The number of hydrogen-bond acceptors (Lipinski definition) is 3. The van der Waals surface area contributed by atoms with Crippen molar-refractivity contribution in [2.24, 2.45) is 5.73 Å². The number of primary amides is 1. The average molecular weight is 249 g/mol. The molecule has 1 atom stereocenters. The van der Waals surface area contributed by atoms with Crippen LogP contribution in [0.4, 0.5) is 0 Å².